The first-order valence-corrected chi connectivity index (χ1v) is 4.95. The minimum atomic E-state index is -0.766. The molecule has 0 aliphatic rings. The van der Waals surface area contributed by atoms with Gasteiger partial charge in [-0.05, 0) is 24.3 Å². The summed E-state index contributed by atoms with van der Waals surface area (Å²) in [5, 5.41) is 25.0. The molecule has 0 aliphatic carbocycles. The largest absolute Gasteiger partial charge is 0.508 e. The Balaban J connectivity index is 2.30. The molecule has 6 heteroatoms. The van der Waals surface area contributed by atoms with E-state index in [1.54, 1.807) is 0 Å². The molecule has 0 saturated carbocycles. The van der Waals surface area contributed by atoms with Gasteiger partial charge in [0, 0.05) is 12.1 Å². The van der Waals surface area contributed by atoms with Gasteiger partial charge in [-0.3, -0.25) is 0 Å². The summed E-state index contributed by atoms with van der Waals surface area (Å²) in [4.78, 5) is 0. The lowest BCUT2D eigenvalue weighted by molar-refractivity contribution is 0.468. The van der Waals surface area contributed by atoms with Crippen molar-refractivity contribution in [2.24, 2.45) is 10.2 Å². The summed E-state index contributed by atoms with van der Waals surface area (Å²) in [5.41, 5.74) is -0.249. The normalized spacial score (nSPS) is 11.0. The van der Waals surface area contributed by atoms with Gasteiger partial charge in [-0.15, -0.1) is 10.2 Å². The number of rotatable bonds is 2. The molecule has 2 rings (SSSR count). The second-order valence-corrected chi connectivity index (χ2v) is 3.47. The first-order valence-electron chi connectivity index (χ1n) is 4.95. The van der Waals surface area contributed by atoms with Gasteiger partial charge in [0.05, 0.1) is 0 Å². The van der Waals surface area contributed by atoms with Gasteiger partial charge in [-0.25, -0.2) is 8.78 Å². The average molecular weight is 250 g/mol. The number of nitrogens with zero attached hydrogens (tertiary/aromatic N) is 2. The summed E-state index contributed by atoms with van der Waals surface area (Å²) in [5.74, 6) is -2.00. The first kappa shape index (κ1) is 12.0. The maximum absolute atomic E-state index is 13.3. The summed E-state index contributed by atoms with van der Waals surface area (Å²) < 4.78 is 26.5. The molecule has 0 radical (unpaired) electrons. The van der Waals surface area contributed by atoms with Gasteiger partial charge in [0.2, 0.25) is 0 Å². The van der Waals surface area contributed by atoms with Crippen molar-refractivity contribution in [2.75, 3.05) is 0 Å². The topological polar surface area (TPSA) is 65.2 Å². The van der Waals surface area contributed by atoms with Gasteiger partial charge in [0.15, 0.2) is 11.6 Å². The van der Waals surface area contributed by atoms with Crippen LogP contribution in [0, 0.1) is 11.6 Å². The van der Waals surface area contributed by atoms with Crippen LogP contribution in [0.2, 0.25) is 0 Å². The Kier molecular flexibility index (Phi) is 3.18. The highest BCUT2D eigenvalue weighted by Crippen LogP contribution is 2.27. The molecular weight excluding hydrogens is 242 g/mol. The van der Waals surface area contributed by atoms with Crippen molar-refractivity contribution in [2.45, 2.75) is 0 Å². The Bertz CT molecular complexity index is 562. The molecule has 0 aliphatic heterocycles. The fourth-order valence-electron chi connectivity index (χ4n) is 1.26. The highest BCUT2D eigenvalue weighted by atomic mass is 19.1. The number of azo groups is 1. The van der Waals surface area contributed by atoms with Gasteiger partial charge < -0.3 is 10.2 Å². The minimum Gasteiger partial charge on any atom is -0.508 e. The third kappa shape index (κ3) is 2.60. The van der Waals surface area contributed by atoms with Crippen molar-refractivity contribution < 1.29 is 19.0 Å². The average Bonchev–Trinajstić information content (AvgIpc) is 2.30. The van der Waals surface area contributed by atoms with E-state index in [1.165, 1.54) is 24.3 Å². The second-order valence-electron chi connectivity index (χ2n) is 3.47. The van der Waals surface area contributed by atoms with Crippen LogP contribution in [0.15, 0.2) is 46.6 Å². The Morgan fingerprint density at radius 3 is 1.44 bits per heavy atom. The molecule has 18 heavy (non-hydrogen) atoms. The SMILES string of the molecule is Oc1ccc(N=Nc2ccc(O)cc2F)c(F)c1. The third-order valence-electron chi connectivity index (χ3n) is 2.13. The predicted molar refractivity (Wildman–Crippen MR) is 60.3 cm³/mol. The van der Waals surface area contributed by atoms with E-state index < -0.39 is 11.6 Å². The maximum Gasteiger partial charge on any atom is 0.154 e. The zero-order valence-electron chi connectivity index (χ0n) is 9.01. The molecule has 2 aromatic rings. The monoisotopic (exact) mass is 250 g/mol. The molecule has 4 nitrogen and oxygen atoms in total. The van der Waals surface area contributed by atoms with Crippen molar-refractivity contribution >= 4 is 11.4 Å². The van der Waals surface area contributed by atoms with Crippen molar-refractivity contribution in [3.63, 3.8) is 0 Å². The van der Waals surface area contributed by atoms with Crippen molar-refractivity contribution in [1.82, 2.24) is 0 Å². The molecule has 0 fully saturated rings. The van der Waals surface area contributed by atoms with Gasteiger partial charge in [-0.1, -0.05) is 0 Å². The number of halogens is 2. The number of hydrogen-bond donors (Lipinski definition) is 2. The summed E-state index contributed by atoms with van der Waals surface area (Å²) in [6, 6.07) is 6.66. The van der Waals surface area contributed by atoms with E-state index in [-0.39, 0.29) is 22.9 Å². The molecule has 2 N–H and O–H groups in total. The van der Waals surface area contributed by atoms with Crippen LogP contribution >= 0.6 is 0 Å². The highest BCUT2D eigenvalue weighted by Gasteiger charge is 2.04. The maximum atomic E-state index is 13.3. The number of hydrogen-bond acceptors (Lipinski definition) is 4. The van der Waals surface area contributed by atoms with Crippen LogP contribution in [-0.2, 0) is 0 Å². The fourth-order valence-corrected chi connectivity index (χ4v) is 1.26. The molecule has 0 unspecified atom stereocenters. The Labute approximate surface area is 101 Å². The van der Waals surface area contributed by atoms with Crippen LogP contribution in [0.4, 0.5) is 20.2 Å². The van der Waals surface area contributed by atoms with E-state index in [9.17, 15) is 8.78 Å². The molecule has 0 atom stereocenters. The molecule has 2 aromatic carbocycles. The first-order chi connectivity index (χ1) is 8.56. The summed E-state index contributed by atoms with van der Waals surface area (Å²) >= 11 is 0. The van der Waals surface area contributed by atoms with E-state index in [1.807, 2.05) is 0 Å². The van der Waals surface area contributed by atoms with Crippen LogP contribution in [0.3, 0.4) is 0 Å². The van der Waals surface area contributed by atoms with Gasteiger partial charge >= 0.3 is 0 Å². The van der Waals surface area contributed by atoms with Crippen molar-refractivity contribution in [1.29, 1.82) is 0 Å². The quantitative estimate of drug-likeness (QED) is 0.796. The van der Waals surface area contributed by atoms with Crippen molar-refractivity contribution in [3.05, 3.63) is 48.0 Å². The van der Waals surface area contributed by atoms with E-state index >= 15 is 0 Å². The highest BCUT2D eigenvalue weighted by molar-refractivity contribution is 5.45. The molecular formula is C12H8F2N2O2. The smallest absolute Gasteiger partial charge is 0.154 e. The zero-order valence-corrected chi connectivity index (χ0v) is 9.01. The third-order valence-corrected chi connectivity index (χ3v) is 2.13. The van der Waals surface area contributed by atoms with Gasteiger partial charge in [0.25, 0.3) is 0 Å². The fraction of sp³-hybridized carbons (Fsp3) is 0. The molecule has 0 aromatic heterocycles. The molecule has 92 valence electrons. The van der Waals surface area contributed by atoms with Crippen LogP contribution < -0.4 is 0 Å². The number of phenols is 2. The second kappa shape index (κ2) is 4.79. The van der Waals surface area contributed by atoms with E-state index in [0.717, 1.165) is 12.1 Å². The van der Waals surface area contributed by atoms with Crippen LogP contribution in [0.1, 0.15) is 0 Å². The predicted octanol–water partition coefficient (Wildman–Crippen LogP) is 3.79. The Hall–Kier alpha value is -2.50. The van der Waals surface area contributed by atoms with Gasteiger partial charge in [-0.2, -0.15) is 0 Å². The minimum absolute atomic E-state index is 0.125. The Morgan fingerprint density at radius 1 is 0.722 bits per heavy atom. The summed E-state index contributed by atoms with van der Waals surface area (Å²) in [7, 11) is 0. The lowest BCUT2D eigenvalue weighted by Gasteiger charge is -1.98. The Morgan fingerprint density at radius 2 is 1.11 bits per heavy atom. The number of benzene rings is 2. The molecule has 0 spiro atoms. The summed E-state index contributed by atoms with van der Waals surface area (Å²) in [6.45, 7) is 0. The molecule has 0 amide bonds. The van der Waals surface area contributed by atoms with Gasteiger partial charge in [0.1, 0.15) is 22.9 Å². The van der Waals surface area contributed by atoms with Crippen LogP contribution in [0.25, 0.3) is 0 Å². The number of aromatic hydroxyl groups is 2. The lowest BCUT2D eigenvalue weighted by atomic mass is 10.3. The number of phenolic OH excluding ortho intramolecular Hbond substituents is 2. The molecule has 0 saturated heterocycles. The van der Waals surface area contributed by atoms with E-state index in [4.69, 9.17) is 10.2 Å². The van der Waals surface area contributed by atoms with Crippen LogP contribution in [-0.4, -0.2) is 10.2 Å². The standard InChI is InChI=1S/C12H8F2N2O2/c13-9-5-7(17)1-3-11(9)15-16-12-4-2-8(18)6-10(12)14/h1-6,17-18H. The van der Waals surface area contributed by atoms with Crippen LogP contribution in [0.5, 0.6) is 11.5 Å². The zero-order chi connectivity index (χ0) is 13.1. The lowest BCUT2D eigenvalue weighted by Crippen LogP contribution is -1.76. The van der Waals surface area contributed by atoms with E-state index in [0.29, 0.717) is 0 Å². The van der Waals surface area contributed by atoms with Crippen molar-refractivity contribution in [3.8, 4) is 11.5 Å². The molecule has 0 bridgehead atoms. The molecule has 0 heterocycles. The summed E-state index contributed by atoms with van der Waals surface area (Å²) in [6.07, 6.45) is 0. The van der Waals surface area contributed by atoms with E-state index in [2.05, 4.69) is 10.2 Å².